The molecule has 0 N–H and O–H groups in total. The summed E-state index contributed by atoms with van der Waals surface area (Å²) in [5.74, 6) is 3.59. The minimum Gasteiger partial charge on any atom is -0.228 e. The molecule has 2 aliphatic carbocycles. The van der Waals surface area contributed by atoms with Crippen molar-refractivity contribution in [2.24, 2.45) is 23.7 Å². The fourth-order valence-electron chi connectivity index (χ4n) is 5.50. The van der Waals surface area contributed by atoms with Crippen molar-refractivity contribution in [3.8, 4) is 0 Å². The van der Waals surface area contributed by atoms with E-state index in [1.807, 2.05) is 6.07 Å². The summed E-state index contributed by atoms with van der Waals surface area (Å²) in [5, 5.41) is 0. The van der Waals surface area contributed by atoms with Gasteiger partial charge in [-0.3, -0.25) is 0 Å². The van der Waals surface area contributed by atoms with Crippen molar-refractivity contribution in [2.45, 2.75) is 96.8 Å². The molecule has 0 unspecified atom stereocenters. The summed E-state index contributed by atoms with van der Waals surface area (Å²) in [6.45, 7) is 2.31. The van der Waals surface area contributed by atoms with Crippen LogP contribution >= 0.6 is 0 Å². The molecular weight excluding hydrogens is 321 g/mol. The van der Waals surface area contributed by atoms with Gasteiger partial charge in [0.2, 0.25) is 5.95 Å². The number of halogens is 1. The van der Waals surface area contributed by atoms with Gasteiger partial charge in [0, 0.05) is 6.20 Å². The maximum Gasteiger partial charge on any atom is 0.212 e. The van der Waals surface area contributed by atoms with Gasteiger partial charge < -0.3 is 0 Å². The number of hydrogen-bond donors (Lipinski definition) is 0. The Morgan fingerprint density at radius 1 is 0.846 bits per heavy atom. The fourth-order valence-corrected chi connectivity index (χ4v) is 5.50. The Kier molecular flexibility index (Phi) is 7.95. The number of nitrogens with zero attached hydrogens (tertiary/aromatic N) is 1. The van der Waals surface area contributed by atoms with Gasteiger partial charge in [0.1, 0.15) is 0 Å². The quantitative estimate of drug-likeness (QED) is 0.349. The Morgan fingerprint density at radius 2 is 1.46 bits per heavy atom. The second-order valence-corrected chi connectivity index (χ2v) is 9.09. The molecule has 0 saturated heterocycles. The Labute approximate surface area is 160 Å². The standard InChI is InChI=1S/C24H38FN/c1-2-3-4-5-19-8-13-22(14-9-19)23-15-10-20(11-16-23)6-7-21-12-17-24(25)26-18-21/h12,17-20,22-23H,2-11,13-16H2,1H3. The lowest BCUT2D eigenvalue weighted by Crippen LogP contribution is -2.26. The van der Waals surface area contributed by atoms with Gasteiger partial charge in [-0.2, -0.15) is 4.39 Å². The number of aromatic nitrogens is 1. The Balaban J connectivity index is 1.32. The van der Waals surface area contributed by atoms with E-state index in [9.17, 15) is 4.39 Å². The predicted molar refractivity (Wildman–Crippen MR) is 108 cm³/mol. The summed E-state index contributed by atoms with van der Waals surface area (Å²) >= 11 is 0. The van der Waals surface area contributed by atoms with Crippen LogP contribution in [0.4, 0.5) is 4.39 Å². The molecule has 26 heavy (non-hydrogen) atoms. The zero-order valence-corrected chi connectivity index (χ0v) is 16.8. The molecule has 146 valence electrons. The lowest BCUT2D eigenvalue weighted by molar-refractivity contribution is 0.140. The minimum atomic E-state index is -0.366. The molecule has 0 aliphatic heterocycles. The average Bonchev–Trinajstić information content (AvgIpc) is 2.69. The highest BCUT2D eigenvalue weighted by Crippen LogP contribution is 2.43. The van der Waals surface area contributed by atoms with Crippen LogP contribution in [0.5, 0.6) is 0 Å². The van der Waals surface area contributed by atoms with Gasteiger partial charge in [0.25, 0.3) is 0 Å². The van der Waals surface area contributed by atoms with Gasteiger partial charge in [-0.25, -0.2) is 4.98 Å². The van der Waals surface area contributed by atoms with E-state index in [-0.39, 0.29) is 5.95 Å². The van der Waals surface area contributed by atoms with E-state index in [0.717, 1.165) is 30.1 Å². The van der Waals surface area contributed by atoms with Gasteiger partial charge in [-0.1, -0.05) is 64.4 Å². The summed E-state index contributed by atoms with van der Waals surface area (Å²) in [6.07, 6.45) is 21.5. The zero-order valence-electron chi connectivity index (χ0n) is 16.8. The molecule has 0 amide bonds. The normalized spacial score (nSPS) is 29.6. The molecule has 0 spiro atoms. The molecule has 1 heterocycles. The van der Waals surface area contributed by atoms with Crippen molar-refractivity contribution in [1.82, 2.24) is 4.98 Å². The molecule has 0 aromatic carbocycles. The number of unbranched alkanes of at least 4 members (excludes halogenated alkanes) is 2. The first-order valence-corrected chi connectivity index (χ1v) is 11.3. The van der Waals surface area contributed by atoms with E-state index >= 15 is 0 Å². The lowest BCUT2D eigenvalue weighted by atomic mass is 9.68. The second kappa shape index (κ2) is 10.4. The van der Waals surface area contributed by atoms with E-state index in [0.29, 0.717) is 0 Å². The summed E-state index contributed by atoms with van der Waals surface area (Å²) in [4.78, 5) is 3.78. The van der Waals surface area contributed by atoms with E-state index in [1.165, 1.54) is 95.1 Å². The molecule has 0 bridgehead atoms. The van der Waals surface area contributed by atoms with Crippen molar-refractivity contribution < 1.29 is 4.39 Å². The van der Waals surface area contributed by atoms with Crippen LogP contribution in [-0.4, -0.2) is 4.98 Å². The molecule has 1 nitrogen and oxygen atoms in total. The van der Waals surface area contributed by atoms with Crippen LogP contribution in [-0.2, 0) is 6.42 Å². The molecule has 2 aliphatic rings. The van der Waals surface area contributed by atoms with Crippen molar-refractivity contribution in [3.05, 3.63) is 29.8 Å². The van der Waals surface area contributed by atoms with Crippen LogP contribution in [0, 0.1) is 29.6 Å². The smallest absolute Gasteiger partial charge is 0.212 e. The minimum absolute atomic E-state index is 0.366. The van der Waals surface area contributed by atoms with Crippen LogP contribution in [0.3, 0.4) is 0 Å². The Hall–Kier alpha value is -0.920. The number of aryl methyl sites for hydroxylation is 1. The van der Waals surface area contributed by atoms with Crippen LogP contribution in [0.2, 0.25) is 0 Å². The first-order valence-electron chi connectivity index (χ1n) is 11.3. The van der Waals surface area contributed by atoms with Gasteiger partial charge in [0.15, 0.2) is 0 Å². The highest BCUT2D eigenvalue weighted by atomic mass is 19.1. The third-order valence-electron chi connectivity index (χ3n) is 7.30. The lowest BCUT2D eigenvalue weighted by Gasteiger charge is -2.38. The zero-order chi connectivity index (χ0) is 18.2. The molecule has 2 heteroatoms. The van der Waals surface area contributed by atoms with E-state index in [1.54, 1.807) is 6.20 Å². The van der Waals surface area contributed by atoms with E-state index in [2.05, 4.69) is 11.9 Å². The topological polar surface area (TPSA) is 12.9 Å². The number of hydrogen-bond acceptors (Lipinski definition) is 1. The third-order valence-corrected chi connectivity index (χ3v) is 7.30. The first kappa shape index (κ1) is 19.8. The molecule has 2 saturated carbocycles. The van der Waals surface area contributed by atoms with E-state index < -0.39 is 0 Å². The molecular formula is C24H38FN. The Morgan fingerprint density at radius 3 is 2.00 bits per heavy atom. The van der Waals surface area contributed by atoms with Crippen LogP contribution in [0.15, 0.2) is 18.3 Å². The maximum atomic E-state index is 12.9. The largest absolute Gasteiger partial charge is 0.228 e. The second-order valence-electron chi connectivity index (χ2n) is 9.09. The number of pyridine rings is 1. The molecule has 1 aromatic heterocycles. The molecule has 3 rings (SSSR count). The molecule has 1 aromatic rings. The van der Waals surface area contributed by atoms with E-state index in [4.69, 9.17) is 0 Å². The summed E-state index contributed by atoms with van der Waals surface area (Å²) < 4.78 is 12.9. The van der Waals surface area contributed by atoms with Crippen molar-refractivity contribution in [1.29, 1.82) is 0 Å². The number of rotatable bonds is 8. The first-order chi connectivity index (χ1) is 12.7. The van der Waals surface area contributed by atoms with Crippen molar-refractivity contribution in [3.63, 3.8) is 0 Å². The highest BCUT2D eigenvalue weighted by Gasteiger charge is 2.30. The van der Waals surface area contributed by atoms with Gasteiger partial charge in [-0.15, -0.1) is 0 Å². The van der Waals surface area contributed by atoms with Crippen molar-refractivity contribution in [2.75, 3.05) is 0 Å². The Bertz CT molecular complexity index is 495. The fraction of sp³-hybridized carbons (Fsp3) is 0.792. The summed E-state index contributed by atoms with van der Waals surface area (Å²) in [6, 6.07) is 3.39. The molecule has 2 fully saturated rings. The summed E-state index contributed by atoms with van der Waals surface area (Å²) in [5.41, 5.74) is 1.19. The van der Waals surface area contributed by atoms with Crippen molar-refractivity contribution >= 4 is 0 Å². The third kappa shape index (κ3) is 6.06. The predicted octanol–water partition coefficient (Wildman–Crippen LogP) is 7.35. The molecule has 0 radical (unpaired) electrons. The van der Waals surface area contributed by atoms with Gasteiger partial charge in [-0.05, 0) is 73.8 Å². The molecule has 0 atom stereocenters. The van der Waals surface area contributed by atoms with Crippen LogP contribution in [0.25, 0.3) is 0 Å². The van der Waals surface area contributed by atoms with Gasteiger partial charge in [0.05, 0.1) is 0 Å². The summed E-state index contributed by atoms with van der Waals surface area (Å²) in [7, 11) is 0. The SMILES string of the molecule is CCCCCC1CCC(C2CCC(CCc3ccc(F)nc3)CC2)CC1. The maximum absolute atomic E-state index is 12.9. The van der Waals surface area contributed by atoms with Crippen LogP contribution < -0.4 is 0 Å². The van der Waals surface area contributed by atoms with Gasteiger partial charge >= 0.3 is 0 Å². The van der Waals surface area contributed by atoms with Crippen LogP contribution in [0.1, 0.15) is 96.0 Å². The monoisotopic (exact) mass is 359 g/mol. The average molecular weight is 360 g/mol. The highest BCUT2D eigenvalue weighted by molar-refractivity contribution is 5.09.